The highest BCUT2D eigenvalue weighted by molar-refractivity contribution is 7.86. The first-order valence-electron chi connectivity index (χ1n) is 5.93. The molecule has 2 heterocycles. The van der Waals surface area contributed by atoms with Gasteiger partial charge < -0.3 is 5.11 Å². The van der Waals surface area contributed by atoms with Crippen molar-refractivity contribution < 1.29 is 13.5 Å². The molecule has 1 atom stereocenters. The average molecular weight is 248 g/mol. The Morgan fingerprint density at radius 2 is 1.62 bits per heavy atom. The molecule has 2 aliphatic rings. The van der Waals surface area contributed by atoms with E-state index in [0.717, 1.165) is 12.8 Å². The lowest BCUT2D eigenvalue weighted by molar-refractivity contribution is 0.187. The van der Waals surface area contributed by atoms with Gasteiger partial charge in [-0.05, 0) is 25.2 Å². The Hall–Kier alpha value is -0.170. The summed E-state index contributed by atoms with van der Waals surface area (Å²) in [6.45, 7) is 4.11. The van der Waals surface area contributed by atoms with Crippen LogP contribution in [-0.4, -0.2) is 54.4 Å². The van der Waals surface area contributed by atoms with Gasteiger partial charge in [0, 0.05) is 26.2 Å². The predicted octanol–water partition coefficient (Wildman–Crippen LogP) is 0.0297. The molecule has 0 amide bonds. The van der Waals surface area contributed by atoms with Gasteiger partial charge in [0.05, 0.1) is 6.10 Å². The van der Waals surface area contributed by atoms with Gasteiger partial charge in [-0.3, -0.25) is 0 Å². The van der Waals surface area contributed by atoms with Crippen LogP contribution >= 0.6 is 0 Å². The number of hydrogen-bond acceptors (Lipinski definition) is 3. The zero-order valence-corrected chi connectivity index (χ0v) is 10.5. The molecule has 0 bridgehead atoms. The summed E-state index contributed by atoms with van der Waals surface area (Å²) < 4.78 is 27.3. The number of aliphatic hydroxyl groups is 1. The van der Waals surface area contributed by atoms with Crippen molar-refractivity contribution in [3.63, 3.8) is 0 Å². The third-order valence-electron chi connectivity index (χ3n) is 3.52. The van der Waals surface area contributed by atoms with Crippen LogP contribution in [0, 0.1) is 5.92 Å². The maximum Gasteiger partial charge on any atom is 0.282 e. The quantitative estimate of drug-likeness (QED) is 0.750. The summed E-state index contributed by atoms with van der Waals surface area (Å²) in [4.78, 5) is 0. The lowest BCUT2D eigenvalue weighted by atomic mass is 10.0. The summed E-state index contributed by atoms with van der Waals surface area (Å²) in [5.74, 6) is 0.621. The van der Waals surface area contributed by atoms with Crippen molar-refractivity contribution >= 4 is 10.2 Å². The largest absolute Gasteiger partial charge is 0.392 e. The van der Waals surface area contributed by atoms with E-state index >= 15 is 0 Å². The number of β-amino-alcohol motifs (C(OH)–C–C–N with tert-alkyl or cyclic N) is 1. The van der Waals surface area contributed by atoms with Gasteiger partial charge in [-0.2, -0.15) is 17.0 Å². The Morgan fingerprint density at radius 3 is 2.12 bits per heavy atom. The second-order valence-electron chi connectivity index (χ2n) is 4.89. The molecule has 0 radical (unpaired) electrons. The third kappa shape index (κ3) is 2.40. The van der Waals surface area contributed by atoms with E-state index in [-0.39, 0.29) is 6.54 Å². The van der Waals surface area contributed by atoms with Gasteiger partial charge in [0.15, 0.2) is 0 Å². The molecule has 0 aromatic carbocycles. The first kappa shape index (κ1) is 12.3. The van der Waals surface area contributed by atoms with Crippen LogP contribution in [0.1, 0.15) is 26.2 Å². The van der Waals surface area contributed by atoms with Crippen LogP contribution in [0.3, 0.4) is 0 Å². The van der Waals surface area contributed by atoms with Gasteiger partial charge in [-0.15, -0.1) is 0 Å². The molecule has 0 saturated carbocycles. The van der Waals surface area contributed by atoms with Gasteiger partial charge in [0.25, 0.3) is 10.2 Å². The Labute approximate surface area is 97.2 Å². The molecule has 2 aliphatic heterocycles. The fraction of sp³-hybridized carbons (Fsp3) is 1.00. The minimum atomic E-state index is -3.31. The highest BCUT2D eigenvalue weighted by atomic mass is 32.2. The van der Waals surface area contributed by atoms with Gasteiger partial charge in [-0.1, -0.05) is 6.92 Å². The normalized spacial score (nSPS) is 31.0. The Bertz CT molecular complexity index is 336. The maximum atomic E-state index is 12.2. The van der Waals surface area contributed by atoms with Crippen molar-refractivity contribution in [2.45, 2.75) is 32.3 Å². The van der Waals surface area contributed by atoms with E-state index in [1.54, 1.807) is 4.31 Å². The minimum Gasteiger partial charge on any atom is -0.392 e. The summed E-state index contributed by atoms with van der Waals surface area (Å²) in [6, 6.07) is 0. The summed E-state index contributed by atoms with van der Waals surface area (Å²) in [7, 11) is -3.31. The zero-order chi connectivity index (χ0) is 11.8. The smallest absolute Gasteiger partial charge is 0.282 e. The van der Waals surface area contributed by atoms with Crippen LogP contribution in [0.25, 0.3) is 0 Å². The third-order valence-corrected chi connectivity index (χ3v) is 5.52. The highest BCUT2D eigenvalue weighted by Crippen LogP contribution is 2.23. The summed E-state index contributed by atoms with van der Waals surface area (Å²) in [6.07, 6.45) is 1.95. The van der Waals surface area contributed by atoms with Gasteiger partial charge in [0.1, 0.15) is 0 Å². The number of piperidine rings is 1. The van der Waals surface area contributed by atoms with E-state index in [9.17, 15) is 13.5 Å². The van der Waals surface area contributed by atoms with Crippen LogP contribution in [0.5, 0.6) is 0 Å². The van der Waals surface area contributed by atoms with Crippen LogP contribution < -0.4 is 0 Å². The molecule has 0 aliphatic carbocycles. The summed E-state index contributed by atoms with van der Waals surface area (Å²) in [5.41, 5.74) is 0. The lowest BCUT2D eigenvalue weighted by Gasteiger charge is -2.32. The molecule has 0 aromatic rings. The predicted molar refractivity (Wildman–Crippen MR) is 61.1 cm³/mol. The molecule has 6 heteroatoms. The molecular formula is C10H20N2O3S. The number of nitrogens with zero attached hydrogens (tertiary/aromatic N) is 2. The molecule has 0 aromatic heterocycles. The van der Waals surface area contributed by atoms with Crippen LogP contribution in [0.2, 0.25) is 0 Å². The SMILES string of the molecule is CC1CCN(S(=O)(=O)N2CC[C@@H](O)C2)CC1. The molecule has 1 N–H and O–H groups in total. The Kier molecular flexibility index (Phi) is 3.53. The second-order valence-corrected chi connectivity index (χ2v) is 6.82. The highest BCUT2D eigenvalue weighted by Gasteiger charge is 2.36. The number of aliphatic hydroxyl groups excluding tert-OH is 1. The molecule has 94 valence electrons. The van der Waals surface area contributed by atoms with E-state index in [0.29, 0.717) is 32.0 Å². The van der Waals surface area contributed by atoms with Gasteiger partial charge in [0.2, 0.25) is 0 Å². The van der Waals surface area contributed by atoms with Crippen molar-refractivity contribution in [3.05, 3.63) is 0 Å². The van der Waals surface area contributed by atoms with Gasteiger partial charge >= 0.3 is 0 Å². The van der Waals surface area contributed by atoms with Crippen molar-refractivity contribution in [3.8, 4) is 0 Å². The first-order valence-corrected chi connectivity index (χ1v) is 7.33. The first-order chi connectivity index (χ1) is 7.50. The van der Waals surface area contributed by atoms with Crippen molar-refractivity contribution in [1.82, 2.24) is 8.61 Å². The zero-order valence-electron chi connectivity index (χ0n) is 9.67. The molecule has 2 fully saturated rings. The molecular weight excluding hydrogens is 228 g/mol. The maximum absolute atomic E-state index is 12.2. The fourth-order valence-corrected chi connectivity index (χ4v) is 3.99. The minimum absolute atomic E-state index is 0.258. The fourth-order valence-electron chi connectivity index (χ4n) is 2.30. The Morgan fingerprint density at radius 1 is 1.06 bits per heavy atom. The van der Waals surface area contributed by atoms with E-state index in [1.807, 2.05) is 0 Å². The van der Waals surface area contributed by atoms with Gasteiger partial charge in [-0.25, -0.2) is 0 Å². The summed E-state index contributed by atoms with van der Waals surface area (Å²) >= 11 is 0. The number of hydrogen-bond donors (Lipinski definition) is 1. The molecule has 0 unspecified atom stereocenters. The van der Waals surface area contributed by atoms with E-state index < -0.39 is 16.3 Å². The van der Waals surface area contributed by atoms with Crippen LogP contribution in [-0.2, 0) is 10.2 Å². The molecule has 5 nitrogen and oxygen atoms in total. The lowest BCUT2D eigenvalue weighted by Crippen LogP contribution is -2.46. The standard InChI is InChI=1S/C10H20N2O3S/c1-9-2-5-11(6-3-9)16(14,15)12-7-4-10(13)8-12/h9-10,13H,2-8H2,1H3/t10-/m1/s1. The van der Waals surface area contributed by atoms with E-state index in [2.05, 4.69) is 6.92 Å². The number of rotatable bonds is 2. The average Bonchev–Trinajstić information content (AvgIpc) is 2.66. The van der Waals surface area contributed by atoms with E-state index in [1.165, 1.54) is 4.31 Å². The van der Waals surface area contributed by atoms with Crippen molar-refractivity contribution in [1.29, 1.82) is 0 Å². The van der Waals surface area contributed by atoms with Crippen LogP contribution in [0.4, 0.5) is 0 Å². The Balaban J connectivity index is 2.02. The van der Waals surface area contributed by atoms with E-state index in [4.69, 9.17) is 0 Å². The van der Waals surface area contributed by atoms with Crippen molar-refractivity contribution in [2.24, 2.45) is 5.92 Å². The monoisotopic (exact) mass is 248 g/mol. The molecule has 0 spiro atoms. The van der Waals surface area contributed by atoms with Crippen LogP contribution in [0.15, 0.2) is 0 Å². The second kappa shape index (κ2) is 4.60. The molecule has 2 saturated heterocycles. The van der Waals surface area contributed by atoms with Crippen molar-refractivity contribution in [2.75, 3.05) is 26.2 Å². The molecule has 16 heavy (non-hydrogen) atoms. The topological polar surface area (TPSA) is 60.9 Å². The molecule has 2 rings (SSSR count). The summed E-state index contributed by atoms with van der Waals surface area (Å²) in [5, 5.41) is 9.38.